The number of ketones is 1. The SMILES string of the molecule is CCOC(=O)c1c(C)[nH]c(C(=O)[C@H](C)Nc2ccc(OCC)c(OCC)c2)c1C. The van der Waals surface area contributed by atoms with Crippen LogP contribution in [0.3, 0.4) is 0 Å². The standard InChI is InChI=1S/C22H30N2O5/c1-7-27-17-11-10-16(12-18(17)28-8-2)23-15(6)21(25)20-13(4)19(14(5)24-20)22(26)29-9-3/h10-12,15,23-24H,7-9H2,1-6H3/t15-/m0/s1. The van der Waals surface area contributed by atoms with Crippen molar-refractivity contribution >= 4 is 17.4 Å². The van der Waals surface area contributed by atoms with Crippen LogP contribution in [0.2, 0.25) is 0 Å². The molecule has 0 aliphatic heterocycles. The number of hydrogen-bond donors (Lipinski definition) is 2. The second kappa shape index (κ2) is 10.0. The fraction of sp³-hybridized carbons (Fsp3) is 0.455. The van der Waals surface area contributed by atoms with Gasteiger partial charge in [-0.25, -0.2) is 4.79 Å². The van der Waals surface area contributed by atoms with E-state index in [0.29, 0.717) is 47.2 Å². The van der Waals surface area contributed by atoms with E-state index in [1.54, 1.807) is 27.7 Å². The number of benzene rings is 1. The number of ether oxygens (including phenoxy) is 3. The minimum Gasteiger partial charge on any atom is -0.490 e. The fourth-order valence-corrected chi connectivity index (χ4v) is 3.18. The van der Waals surface area contributed by atoms with Crippen molar-refractivity contribution in [2.45, 2.75) is 47.6 Å². The summed E-state index contributed by atoms with van der Waals surface area (Å²) in [4.78, 5) is 28.2. The molecular formula is C22H30N2O5. The van der Waals surface area contributed by atoms with Gasteiger partial charge in [0.1, 0.15) is 0 Å². The summed E-state index contributed by atoms with van der Waals surface area (Å²) < 4.78 is 16.3. The van der Waals surface area contributed by atoms with Crippen molar-refractivity contribution in [3.8, 4) is 11.5 Å². The van der Waals surface area contributed by atoms with Crippen LogP contribution < -0.4 is 14.8 Å². The molecule has 0 aliphatic rings. The van der Waals surface area contributed by atoms with Crippen LogP contribution in [-0.4, -0.2) is 42.6 Å². The van der Waals surface area contributed by atoms with Gasteiger partial charge in [0.05, 0.1) is 37.1 Å². The average molecular weight is 402 g/mol. The minimum atomic E-state index is -0.519. The normalized spacial score (nSPS) is 11.7. The first-order valence-corrected chi connectivity index (χ1v) is 9.90. The summed E-state index contributed by atoms with van der Waals surface area (Å²) in [5.74, 6) is 0.712. The molecule has 7 nitrogen and oxygen atoms in total. The van der Waals surface area contributed by atoms with Gasteiger partial charge >= 0.3 is 5.97 Å². The molecule has 158 valence electrons. The van der Waals surface area contributed by atoms with E-state index in [9.17, 15) is 9.59 Å². The first-order chi connectivity index (χ1) is 13.8. The molecule has 1 heterocycles. The molecule has 2 N–H and O–H groups in total. The van der Waals surface area contributed by atoms with Gasteiger partial charge in [0.15, 0.2) is 11.5 Å². The molecule has 0 radical (unpaired) electrons. The molecular weight excluding hydrogens is 372 g/mol. The number of esters is 1. The second-order valence-corrected chi connectivity index (χ2v) is 6.60. The summed E-state index contributed by atoms with van der Waals surface area (Å²) in [6.45, 7) is 12.2. The Kier molecular flexibility index (Phi) is 7.70. The number of aromatic amines is 1. The smallest absolute Gasteiger partial charge is 0.340 e. The van der Waals surface area contributed by atoms with Gasteiger partial charge in [0, 0.05) is 17.4 Å². The fourth-order valence-electron chi connectivity index (χ4n) is 3.18. The molecule has 1 atom stereocenters. The van der Waals surface area contributed by atoms with E-state index >= 15 is 0 Å². The predicted molar refractivity (Wildman–Crippen MR) is 112 cm³/mol. The molecule has 1 aromatic carbocycles. The molecule has 0 bridgehead atoms. The number of rotatable bonds is 10. The molecule has 7 heteroatoms. The molecule has 0 unspecified atom stereocenters. The van der Waals surface area contributed by atoms with E-state index in [1.807, 2.05) is 32.0 Å². The van der Waals surface area contributed by atoms with Crippen molar-refractivity contribution in [3.63, 3.8) is 0 Å². The Bertz CT molecular complexity index is 872. The van der Waals surface area contributed by atoms with Gasteiger partial charge < -0.3 is 24.5 Å². The number of anilines is 1. The van der Waals surface area contributed by atoms with Crippen LogP contribution in [0.4, 0.5) is 5.69 Å². The maximum absolute atomic E-state index is 13.0. The molecule has 0 saturated carbocycles. The predicted octanol–water partition coefficient (Wildman–Crippen LogP) is 4.29. The van der Waals surface area contributed by atoms with Crippen LogP contribution in [0.1, 0.15) is 59.8 Å². The number of Topliss-reactive ketones (excluding diaryl/α,β-unsaturated/α-hetero) is 1. The van der Waals surface area contributed by atoms with E-state index < -0.39 is 12.0 Å². The lowest BCUT2D eigenvalue weighted by Gasteiger charge is -2.17. The quantitative estimate of drug-likeness (QED) is 0.455. The van der Waals surface area contributed by atoms with E-state index in [-0.39, 0.29) is 12.4 Å². The van der Waals surface area contributed by atoms with Crippen LogP contribution in [0.25, 0.3) is 0 Å². The molecule has 2 rings (SSSR count). The van der Waals surface area contributed by atoms with E-state index in [2.05, 4.69) is 10.3 Å². The van der Waals surface area contributed by atoms with Gasteiger partial charge in [-0.2, -0.15) is 0 Å². The van der Waals surface area contributed by atoms with Crippen LogP contribution in [0.15, 0.2) is 18.2 Å². The first-order valence-electron chi connectivity index (χ1n) is 9.90. The molecule has 0 saturated heterocycles. The van der Waals surface area contributed by atoms with Gasteiger partial charge in [-0.05, 0) is 59.2 Å². The van der Waals surface area contributed by atoms with Gasteiger partial charge in [-0.3, -0.25) is 4.79 Å². The zero-order valence-corrected chi connectivity index (χ0v) is 18.0. The van der Waals surface area contributed by atoms with Crippen molar-refractivity contribution in [3.05, 3.63) is 40.7 Å². The highest BCUT2D eigenvalue weighted by molar-refractivity contribution is 6.04. The van der Waals surface area contributed by atoms with Crippen LogP contribution in [-0.2, 0) is 4.74 Å². The maximum atomic E-state index is 13.0. The minimum absolute atomic E-state index is 0.145. The Morgan fingerprint density at radius 1 is 1.03 bits per heavy atom. The number of carbonyl (C=O) groups excluding carboxylic acids is 2. The molecule has 1 aromatic heterocycles. The van der Waals surface area contributed by atoms with Crippen molar-refractivity contribution < 1.29 is 23.8 Å². The van der Waals surface area contributed by atoms with Crippen molar-refractivity contribution in [1.82, 2.24) is 4.98 Å². The van der Waals surface area contributed by atoms with Gasteiger partial charge in [-0.1, -0.05) is 0 Å². The van der Waals surface area contributed by atoms with Gasteiger partial charge in [-0.15, -0.1) is 0 Å². The first kappa shape index (κ1) is 22.3. The Morgan fingerprint density at radius 3 is 2.31 bits per heavy atom. The molecule has 0 fully saturated rings. The zero-order valence-electron chi connectivity index (χ0n) is 18.0. The number of nitrogens with one attached hydrogen (secondary N) is 2. The number of H-pyrrole nitrogens is 1. The third-order valence-corrected chi connectivity index (χ3v) is 4.48. The summed E-state index contributed by atoms with van der Waals surface area (Å²) in [6, 6.07) is 4.95. The van der Waals surface area contributed by atoms with Gasteiger partial charge in [0.2, 0.25) is 5.78 Å². The highest BCUT2D eigenvalue weighted by atomic mass is 16.5. The molecule has 0 spiro atoms. The average Bonchev–Trinajstić information content (AvgIpc) is 2.98. The Hall–Kier alpha value is -2.96. The topological polar surface area (TPSA) is 89.7 Å². The lowest BCUT2D eigenvalue weighted by atomic mass is 10.0. The number of carbonyl (C=O) groups is 2. The lowest BCUT2D eigenvalue weighted by Crippen LogP contribution is -2.27. The summed E-state index contributed by atoms with van der Waals surface area (Å²) in [6.07, 6.45) is 0. The monoisotopic (exact) mass is 402 g/mol. The molecule has 0 amide bonds. The van der Waals surface area contributed by atoms with Crippen LogP contribution >= 0.6 is 0 Å². The van der Waals surface area contributed by atoms with Crippen LogP contribution in [0, 0.1) is 13.8 Å². The third-order valence-electron chi connectivity index (χ3n) is 4.48. The summed E-state index contributed by atoms with van der Waals surface area (Å²) in [5.41, 5.74) is 2.78. The highest BCUT2D eigenvalue weighted by Crippen LogP contribution is 2.31. The van der Waals surface area contributed by atoms with Gasteiger partial charge in [0.25, 0.3) is 0 Å². The number of aryl methyl sites for hydroxylation is 1. The van der Waals surface area contributed by atoms with E-state index in [1.165, 1.54) is 0 Å². The van der Waals surface area contributed by atoms with E-state index in [0.717, 1.165) is 5.69 Å². The Morgan fingerprint density at radius 2 is 1.69 bits per heavy atom. The van der Waals surface area contributed by atoms with Crippen molar-refractivity contribution in [2.75, 3.05) is 25.1 Å². The maximum Gasteiger partial charge on any atom is 0.340 e. The van der Waals surface area contributed by atoms with Crippen molar-refractivity contribution in [1.29, 1.82) is 0 Å². The lowest BCUT2D eigenvalue weighted by molar-refractivity contribution is 0.0525. The Labute approximate surface area is 171 Å². The van der Waals surface area contributed by atoms with Crippen molar-refractivity contribution in [2.24, 2.45) is 0 Å². The summed E-state index contributed by atoms with van der Waals surface area (Å²) in [5, 5.41) is 3.20. The van der Waals surface area contributed by atoms with E-state index in [4.69, 9.17) is 14.2 Å². The summed E-state index contributed by atoms with van der Waals surface area (Å²) >= 11 is 0. The second-order valence-electron chi connectivity index (χ2n) is 6.60. The molecule has 29 heavy (non-hydrogen) atoms. The largest absolute Gasteiger partial charge is 0.490 e. The van der Waals surface area contributed by atoms with Crippen LogP contribution in [0.5, 0.6) is 11.5 Å². The number of hydrogen-bond acceptors (Lipinski definition) is 6. The Balaban J connectivity index is 2.22. The third kappa shape index (κ3) is 5.10. The highest BCUT2D eigenvalue weighted by Gasteiger charge is 2.25. The molecule has 0 aliphatic carbocycles. The molecule has 2 aromatic rings. The number of aromatic nitrogens is 1. The summed E-state index contributed by atoms with van der Waals surface area (Å²) in [7, 11) is 0. The zero-order chi connectivity index (χ0) is 21.6.